The Kier molecular flexibility index (Phi) is 5.19. The van der Waals surface area contributed by atoms with Crippen LogP contribution in [0.25, 0.3) is 10.8 Å². The number of nitrogens with one attached hydrogen (secondary N) is 1. The second kappa shape index (κ2) is 7.12. The first-order chi connectivity index (χ1) is 9.35. The lowest BCUT2D eigenvalue weighted by Gasteiger charge is -2.12. The van der Waals surface area contributed by atoms with Crippen LogP contribution in [-0.4, -0.2) is 27.4 Å². The fourth-order valence-electron chi connectivity index (χ4n) is 2.15. The molecule has 2 rings (SSSR count). The van der Waals surface area contributed by atoms with Gasteiger partial charge in [0.1, 0.15) is 5.75 Å². The SMILES string of the molecule is CNCc1cc(OCCCOC)c2ccccc2c1. The molecule has 0 fully saturated rings. The number of methoxy groups -OCH3 is 1. The van der Waals surface area contributed by atoms with E-state index in [4.69, 9.17) is 9.47 Å². The largest absolute Gasteiger partial charge is 0.493 e. The molecule has 0 bridgehead atoms. The maximum absolute atomic E-state index is 5.90. The monoisotopic (exact) mass is 259 g/mol. The Morgan fingerprint density at radius 2 is 1.95 bits per heavy atom. The third-order valence-corrected chi connectivity index (χ3v) is 3.01. The first-order valence-electron chi connectivity index (χ1n) is 6.63. The van der Waals surface area contributed by atoms with Gasteiger partial charge < -0.3 is 14.8 Å². The molecule has 102 valence electrons. The summed E-state index contributed by atoms with van der Waals surface area (Å²) >= 11 is 0. The van der Waals surface area contributed by atoms with Gasteiger partial charge in [0.25, 0.3) is 0 Å². The van der Waals surface area contributed by atoms with Gasteiger partial charge in [-0.05, 0) is 30.1 Å². The highest BCUT2D eigenvalue weighted by atomic mass is 16.5. The Morgan fingerprint density at radius 3 is 2.74 bits per heavy atom. The Morgan fingerprint density at radius 1 is 1.11 bits per heavy atom. The van der Waals surface area contributed by atoms with E-state index in [-0.39, 0.29) is 0 Å². The van der Waals surface area contributed by atoms with Crippen LogP contribution in [0.5, 0.6) is 5.75 Å². The lowest BCUT2D eigenvalue weighted by Crippen LogP contribution is -2.06. The molecule has 3 nitrogen and oxygen atoms in total. The average molecular weight is 259 g/mol. The first kappa shape index (κ1) is 13.8. The van der Waals surface area contributed by atoms with Gasteiger partial charge >= 0.3 is 0 Å². The molecule has 0 heterocycles. The summed E-state index contributed by atoms with van der Waals surface area (Å²) in [7, 11) is 3.66. The van der Waals surface area contributed by atoms with Crippen molar-refractivity contribution in [3.63, 3.8) is 0 Å². The van der Waals surface area contributed by atoms with Crippen molar-refractivity contribution in [3.8, 4) is 5.75 Å². The molecule has 0 aliphatic rings. The molecular formula is C16H21NO2. The lowest BCUT2D eigenvalue weighted by molar-refractivity contribution is 0.172. The first-order valence-corrected chi connectivity index (χ1v) is 6.63. The van der Waals surface area contributed by atoms with Gasteiger partial charge in [0, 0.05) is 32.1 Å². The standard InChI is InChI=1S/C16H21NO2/c1-17-12-13-10-14-6-3-4-7-15(14)16(11-13)19-9-5-8-18-2/h3-4,6-7,10-11,17H,5,8-9,12H2,1-2H3. The van der Waals surface area contributed by atoms with Gasteiger partial charge in [-0.1, -0.05) is 24.3 Å². The van der Waals surface area contributed by atoms with Gasteiger partial charge in [0.15, 0.2) is 0 Å². The Labute approximate surface area is 114 Å². The van der Waals surface area contributed by atoms with Gasteiger partial charge in [-0.3, -0.25) is 0 Å². The van der Waals surface area contributed by atoms with Crippen molar-refractivity contribution in [2.45, 2.75) is 13.0 Å². The summed E-state index contributed by atoms with van der Waals surface area (Å²) in [6, 6.07) is 12.6. The van der Waals surface area contributed by atoms with Crippen LogP contribution in [0, 0.1) is 0 Å². The zero-order chi connectivity index (χ0) is 13.5. The number of hydrogen-bond donors (Lipinski definition) is 1. The minimum absolute atomic E-state index is 0.681. The highest BCUT2D eigenvalue weighted by Crippen LogP contribution is 2.27. The van der Waals surface area contributed by atoms with E-state index in [1.54, 1.807) is 7.11 Å². The normalized spacial score (nSPS) is 10.8. The summed E-state index contributed by atoms with van der Waals surface area (Å²) in [6.07, 6.45) is 0.904. The number of hydrogen-bond acceptors (Lipinski definition) is 3. The van der Waals surface area contributed by atoms with Crippen molar-refractivity contribution in [2.24, 2.45) is 0 Å². The van der Waals surface area contributed by atoms with Crippen molar-refractivity contribution < 1.29 is 9.47 Å². The van der Waals surface area contributed by atoms with E-state index in [0.29, 0.717) is 6.61 Å². The molecule has 2 aromatic carbocycles. The van der Waals surface area contributed by atoms with Crippen LogP contribution in [0.3, 0.4) is 0 Å². The highest BCUT2D eigenvalue weighted by Gasteiger charge is 2.04. The smallest absolute Gasteiger partial charge is 0.127 e. The second-order valence-electron chi connectivity index (χ2n) is 4.54. The van der Waals surface area contributed by atoms with Crippen LogP contribution in [0.1, 0.15) is 12.0 Å². The van der Waals surface area contributed by atoms with Crippen molar-refractivity contribution in [3.05, 3.63) is 42.0 Å². The zero-order valence-electron chi connectivity index (χ0n) is 11.6. The van der Waals surface area contributed by atoms with Crippen LogP contribution in [0.2, 0.25) is 0 Å². The minimum Gasteiger partial charge on any atom is -0.493 e. The van der Waals surface area contributed by atoms with Crippen LogP contribution >= 0.6 is 0 Å². The van der Waals surface area contributed by atoms with Crippen LogP contribution in [0.4, 0.5) is 0 Å². The van der Waals surface area contributed by atoms with Crippen molar-refractivity contribution in [2.75, 3.05) is 27.4 Å². The number of benzene rings is 2. The van der Waals surface area contributed by atoms with E-state index >= 15 is 0 Å². The summed E-state index contributed by atoms with van der Waals surface area (Å²) in [4.78, 5) is 0. The maximum Gasteiger partial charge on any atom is 0.127 e. The predicted octanol–water partition coefficient (Wildman–Crippen LogP) is 2.97. The van der Waals surface area contributed by atoms with Gasteiger partial charge in [-0.2, -0.15) is 0 Å². The summed E-state index contributed by atoms with van der Waals surface area (Å²) < 4.78 is 10.9. The molecule has 2 aromatic rings. The maximum atomic E-state index is 5.90. The van der Waals surface area contributed by atoms with Gasteiger partial charge in [-0.25, -0.2) is 0 Å². The van der Waals surface area contributed by atoms with E-state index in [9.17, 15) is 0 Å². The Bertz CT molecular complexity index is 525. The summed E-state index contributed by atoms with van der Waals surface area (Å²) in [5, 5.41) is 5.56. The molecule has 0 radical (unpaired) electrons. The number of ether oxygens (including phenoxy) is 2. The number of fused-ring (bicyclic) bond motifs is 1. The van der Waals surface area contributed by atoms with E-state index in [1.807, 2.05) is 13.1 Å². The quantitative estimate of drug-likeness (QED) is 0.775. The third kappa shape index (κ3) is 3.69. The van der Waals surface area contributed by atoms with Crippen LogP contribution in [0.15, 0.2) is 36.4 Å². The molecule has 0 amide bonds. The van der Waals surface area contributed by atoms with Gasteiger partial charge in [0.2, 0.25) is 0 Å². The van der Waals surface area contributed by atoms with Crippen LogP contribution < -0.4 is 10.1 Å². The fraction of sp³-hybridized carbons (Fsp3) is 0.375. The van der Waals surface area contributed by atoms with E-state index in [2.05, 4.69) is 35.6 Å². The summed E-state index contributed by atoms with van der Waals surface area (Å²) in [5.41, 5.74) is 1.24. The summed E-state index contributed by atoms with van der Waals surface area (Å²) in [6.45, 7) is 2.26. The molecule has 0 saturated heterocycles. The minimum atomic E-state index is 0.681. The predicted molar refractivity (Wildman–Crippen MR) is 78.7 cm³/mol. The molecule has 0 spiro atoms. The van der Waals surface area contributed by atoms with E-state index < -0.39 is 0 Å². The van der Waals surface area contributed by atoms with Crippen LogP contribution in [-0.2, 0) is 11.3 Å². The lowest BCUT2D eigenvalue weighted by atomic mass is 10.1. The number of rotatable bonds is 7. The molecule has 0 aromatic heterocycles. The van der Waals surface area contributed by atoms with Gasteiger partial charge in [0.05, 0.1) is 6.61 Å². The molecule has 0 aliphatic carbocycles. The topological polar surface area (TPSA) is 30.5 Å². The average Bonchev–Trinajstić information content (AvgIpc) is 2.44. The van der Waals surface area contributed by atoms with Crippen molar-refractivity contribution >= 4 is 10.8 Å². The van der Waals surface area contributed by atoms with Gasteiger partial charge in [-0.15, -0.1) is 0 Å². The molecule has 0 unspecified atom stereocenters. The summed E-state index contributed by atoms with van der Waals surface area (Å²) in [5.74, 6) is 0.958. The van der Waals surface area contributed by atoms with Crippen molar-refractivity contribution in [1.29, 1.82) is 0 Å². The van der Waals surface area contributed by atoms with Crippen molar-refractivity contribution in [1.82, 2.24) is 5.32 Å². The molecule has 3 heteroatoms. The molecule has 0 atom stereocenters. The molecule has 19 heavy (non-hydrogen) atoms. The second-order valence-corrected chi connectivity index (χ2v) is 4.54. The van der Waals surface area contributed by atoms with E-state index in [1.165, 1.54) is 16.3 Å². The Balaban J connectivity index is 2.23. The molecule has 0 saturated carbocycles. The fourth-order valence-corrected chi connectivity index (χ4v) is 2.15. The zero-order valence-corrected chi connectivity index (χ0v) is 11.6. The Hall–Kier alpha value is -1.58. The highest BCUT2D eigenvalue weighted by molar-refractivity contribution is 5.89. The molecule has 1 N–H and O–H groups in total. The third-order valence-electron chi connectivity index (χ3n) is 3.01. The molecule has 0 aliphatic heterocycles. The molecular weight excluding hydrogens is 238 g/mol. The van der Waals surface area contributed by atoms with E-state index in [0.717, 1.165) is 25.3 Å².